The standard InChI is InChI=1S/C23H23N5O3/c1-15-20(16(2)28(26-15)18-9-5-4-6-10-18)13-24-23(29)19-11-7-8-12-21(19)30-14-22-25-17(3)31-27-22/h4-12H,13-14H2,1-3H3,(H,24,29). The molecule has 0 bridgehead atoms. The molecule has 0 aliphatic rings. The van der Waals surface area contributed by atoms with Gasteiger partial charge in [-0.15, -0.1) is 0 Å². The second-order valence-electron chi connectivity index (χ2n) is 7.09. The van der Waals surface area contributed by atoms with E-state index in [-0.39, 0.29) is 12.5 Å². The van der Waals surface area contributed by atoms with E-state index in [0.29, 0.717) is 29.6 Å². The first-order valence-electron chi connectivity index (χ1n) is 9.92. The Bertz CT molecular complexity index is 1200. The molecule has 0 fully saturated rings. The molecule has 4 aromatic rings. The smallest absolute Gasteiger partial charge is 0.255 e. The Morgan fingerprint density at radius 3 is 2.55 bits per heavy atom. The zero-order valence-electron chi connectivity index (χ0n) is 17.6. The molecule has 158 valence electrons. The van der Waals surface area contributed by atoms with Crippen LogP contribution in [-0.2, 0) is 13.2 Å². The molecule has 0 unspecified atom stereocenters. The van der Waals surface area contributed by atoms with Crippen molar-refractivity contribution in [2.75, 3.05) is 0 Å². The number of nitrogens with one attached hydrogen (secondary N) is 1. The molecule has 0 aliphatic carbocycles. The van der Waals surface area contributed by atoms with Crippen LogP contribution in [0.2, 0.25) is 0 Å². The molecule has 4 rings (SSSR count). The minimum Gasteiger partial charge on any atom is -0.485 e. The van der Waals surface area contributed by atoms with Crippen molar-refractivity contribution in [2.45, 2.75) is 33.9 Å². The second-order valence-corrected chi connectivity index (χ2v) is 7.09. The maximum Gasteiger partial charge on any atom is 0.255 e. The van der Waals surface area contributed by atoms with Gasteiger partial charge in [-0.25, -0.2) is 4.68 Å². The number of aromatic nitrogens is 4. The quantitative estimate of drug-likeness (QED) is 0.493. The molecule has 8 heteroatoms. The van der Waals surface area contributed by atoms with E-state index >= 15 is 0 Å². The molecule has 0 saturated heterocycles. The minimum atomic E-state index is -0.230. The molecule has 0 atom stereocenters. The average molecular weight is 417 g/mol. The lowest BCUT2D eigenvalue weighted by Gasteiger charge is -2.11. The first kappa shape index (κ1) is 20.3. The Balaban J connectivity index is 1.47. The monoisotopic (exact) mass is 417 g/mol. The van der Waals surface area contributed by atoms with E-state index in [1.54, 1.807) is 25.1 Å². The van der Waals surface area contributed by atoms with Crippen molar-refractivity contribution in [2.24, 2.45) is 0 Å². The summed E-state index contributed by atoms with van der Waals surface area (Å²) in [6.07, 6.45) is 0. The Morgan fingerprint density at radius 1 is 1.06 bits per heavy atom. The predicted octanol–water partition coefficient (Wildman–Crippen LogP) is 3.69. The van der Waals surface area contributed by atoms with Crippen LogP contribution in [0.4, 0.5) is 0 Å². The van der Waals surface area contributed by atoms with E-state index in [0.717, 1.165) is 22.6 Å². The van der Waals surface area contributed by atoms with Crippen molar-refractivity contribution >= 4 is 5.91 Å². The van der Waals surface area contributed by atoms with Gasteiger partial charge in [0, 0.05) is 24.7 Å². The van der Waals surface area contributed by atoms with Crippen molar-refractivity contribution in [1.82, 2.24) is 25.2 Å². The van der Waals surface area contributed by atoms with Crippen LogP contribution >= 0.6 is 0 Å². The predicted molar refractivity (Wildman–Crippen MR) is 114 cm³/mol. The normalized spacial score (nSPS) is 10.8. The van der Waals surface area contributed by atoms with E-state index in [1.165, 1.54) is 0 Å². The van der Waals surface area contributed by atoms with Crippen LogP contribution in [0.15, 0.2) is 59.1 Å². The van der Waals surface area contributed by atoms with Gasteiger partial charge in [-0.05, 0) is 38.1 Å². The van der Waals surface area contributed by atoms with Gasteiger partial charge < -0.3 is 14.6 Å². The zero-order valence-corrected chi connectivity index (χ0v) is 17.6. The topological polar surface area (TPSA) is 95.1 Å². The number of amides is 1. The lowest BCUT2D eigenvalue weighted by Crippen LogP contribution is -2.24. The average Bonchev–Trinajstić information content (AvgIpc) is 3.33. The summed E-state index contributed by atoms with van der Waals surface area (Å²) >= 11 is 0. The van der Waals surface area contributed by atoms with Gasteiger partial charge in [0.05, 0.1) is 16.9 Å². The Labute approximate surface area is 179 Å². The third kappa shape index (κ3) is 4.48. The van der Waals surface area contributed by atoms with Gasteiger partial charge in [0.15, 0.2) is 6.61 Å². The van der Waals surface area contributed by atoms with E-state index < -0.39 is 0 Å². The highest BCUT2D eigenvalue weighted by molar-refractivity contribution is 5.96. The van der Waals surface area contributed by atoms with Gasteiger partial charge in [-0.2, -0.15) is 10.1 Å². The van der Waals surface area contributed by atoms with Crippen molar-refractivity contribution in [3.8, 4) is 11.4 Å². The van der Waals surface area contributed by atoms with Crippen LogP contribution in [0.3, 0.4) is 0 Å². The molecule has 0 spiro atoms. The van der Waals surface area contributed by atoms with Crippen molar-refractivity contribution in [1.29, 1.82) is 0 Å². The summed E-state index contributed by atoms with van der Waals surface area (Å²) in [5.74, 6) is 1.11. The van der Waals surface area contributed by atoms with Crippen LogP contribution in [0.1, 0.15) is 39.0 Å². The Hall–Kier alpha value is -3.94. The molecule has 1 amide bonds. The first-order chi connectivity index (χ1) is 15.0. The van der Waals surface area contributed by atoms with E-state index in [4.69, 9.17) is 9.26 Å². The summed E-state index contributed by atoms with van der Waals surface area (Å²) < 4.78 is 12.6. The molecule has 8 nitrogen and oxygen atoms in total. The maximum absolute atomic E-state index is 12.9. The molecule has 0 radical (unpaired) electrons. The molecule has 1 N–H and O–H groups in total. The van der Waals surface area contributed by atoms with Gasteiger partial charge in [-0.1, -0.05) is 35.5 Å². The summed E-state index contributed by atoms with van der Waals surface area (Å²) in [5.41, 5.74) is 4.27. The second kappa shape index (κ2) is 8.83. The molecular weight excluding hydrogens is 394 g/mol. The van der Waals surface area contributed by atoms with Crippen LogP contribution < -0.4 is 10.1 Å². The summed E-state index contributed by atoms with van der Waals surface area (Å²) in [4.78, 5) is 17.0. The fourth-order valence-corrected chi connectivity index (χ4v) is 3.34. The Kier molecular flexibility index (Phi) is 5.79. The van der Waals surface area contributed by atoms with Crippen molar-refractivity contribution in [3.63, 3.8) is 0 Å². The minimum absolute atomic E-state index is 0.115. The van der Waals surface area contributed by atoms with Crippen LogP contribution in [0.5, 0.6) is 5.75 Å². The van der Waals surface area contributed by atoms with E-state index in [2.05, 4.69) is 20.6 Å². The highest BCUT2D eigenvalue weighted by Crippen LogP contribution is 2.21. The van der Waals surface area contributed by atoms with Crippen LogP contribution in [-0.4, -0.2) is 25.8 Å². The third-order valence-corrected chi connectivity index (χ3v) is 4.93. The zero-order chi connectivity index (χ0) is 21.8. The number of benzene rings is 2. The lowest BCUT2D eigenvalue weighted by molar-refractivity contribution is 0.0946. The van der Waals surface area contributed by atoms with E-state index in [9.17, 15) is 4.79 Å². The maximum atomic E-state index is 12.9. The van der Waals surface area contributed by atoms with Crippen LogP contribution in [0, 0.1) is 20.8 Å². The van der Waals surface area contributed by atoms with Gasteiger partial charge in [0.2, 0.25) is 11.7 Å². The molecule has 0 aliphatic heterocycles. The number of nitrogens with zero attached hydrogens (tertiary/aromatic N) is 4. The summed E-state index contributed by atoms with van der Waals surface area (Å²) in [5, 5.41) is 11.4. The number of rotatable bonds is 7. The number of carbonyl (C=O) groups excluding carboxylic acids is 1. The molecular formula is C23H23N5O3. The number of aryl methyl sites for hydroxylation is 2. The Morgan fingerprint density at radius 2 is 1.81 bits per heavy atom. The molecule has 0 saturated carbocycles. The lowest BCUT2D eigenvalue weighted by atomic mass is 10.1. The van der Waals surface area contributed by atoms with Crippen molar-refractivity contribution in [3.05, 3.63) is 88.8 Å². The third-order valence-electron chi connectivity index (χ3n) is 4.93. The number of hydrogen-bond acceptors (Lipinski definition) is 6. The van der Waals surface area contributed by atoms with Crippen LogP contribution in [0.25, 0.3) is 5.69 Å². The van der Waals surface area contributed by atoms with Gasteiger partial charge in [0.25, 0.3) is 5.91 Å². The summed E-state index contributed by atoms with van der Waals surface area (Å²) in [6.45, 7) is 6.13. The van der Waals surface area contributed by atoms with E-state index in [1.807, 2.05) is 54.9 Å². The number of ether oxygens (including phenoxy) is 1. The highest BCUT2D eigenvalue weighted by Gasteiger charge is 2.17. The fraction of sp³-hybridized carbons (Fsp3) is 0.217. The van der Waals surface area contributed by atoms with Gasteiger partial charge in [0.1, 0.15) is 5.75 Å². The fourth-order valence-electron chi connectivity index (χ4n) is 3.34. The first-order valence-corrected chi connectivity index (χ1v) is 9.92. The number of carbonyl (C=O) groups is 1. The number of para-hydroxylation sites is 2. The molecule has 31 heavy (non-hydrogen) atoms. The molecule has 2 aromatic carbocycles. The largest absolute Gasteiger partial charge is 0.485 e. The SMILES string of the molecule is Cc1nc(COc2ccccc2C(=O)NCc2c(C)nn(-c3ccccc3)c2C)no1. The molecule has 2 heterocycles. The molecule has 2 aromatic heterocycles. The van der Waals surface area contributed by atoms with Gasteiger partial charge >= 0.3 is 0 Å². The van der Waals surface area contributed by atoms with Gasteiger partial charge in [-0.3, -0.25) is 4.79 Å². The summed E-state index contributed by atoms with van der Waals surface area (Å²) in [7, 11) is 0. The van der Waals surface area contributed by atoms with Crippen molar-refractivity contribution < 1.29 is 14.1 Å². The number of hydrogen-bond donors (Lipinski definition) is 1. The highest BCUT2D eigenvalue weighted by atomic mass is 16.5. The summed E-state index contributed by atoms with van der Waals surface area (Å²) in [6, 6.07) is 17.0.